The summed E-state index contributed by atoms with van der Waals surface area (Å²) in [6, 6.07) is 19.3. The number of nitrogens with one attached hydrogen (secondary N) is 2. The Morgan fingerprint density at radius 2 is 1.69 bits per heavy atom. The van der Waals surface area contributed by atoms with E-state index >= 15 is 0 Å². The Balaban J connectivity index is 1.60. The highest BCUT2D eigenvalue weighted by Crippen LogP contribution is 2.23. The second kappa shape index (κ2) is 9.07. The number of ether oxygens (including phenoxy) is 1. The summed E-state index contributed by atoms with van der Waals surface area (Å²) < 4.78 is 32.6. The van der Waals surface area contributed by atoms with Gasteiger partial charge < -0.3 is 10.1 Å². The van der Waals surface area contributed by atoms with E-state index < -0.39 is 10.0 Å². The van der Waals surface area contributed by atoms with Gasteiger partial charge in [-0.1, -0.05) is 43.3 Å². The van der Waals surface area contributed by atoms with Gasteiger partial charge in [0.05, 0.1) is 4.90 Å². The van der Waals surface area contributed by atoms with Crippen LogP contribution in [0.2, 0.25) is 0 Å². The molecule has 0 aromatic heterocycles. The maximum atomic E-state index is 12.3. The van der Waals surface area contributed by atoms with Gasteiger partial charge in [0, 0.05) is 17.1 Å². The number of amides is 1. The van der Waals surface area contributed by atoms with Crippen molar-refractivity contribution < 1.29 is 17.9 Å². The average molecular weight is 413 g/mol. The zero-order chi connectivity index (χ0) is 20.9. The lowest BCUT2D eigenvalue weighted by molar-refractivity contribution is -0.118. The van der Waals surface area contributed by atoms with E-state index in [-0.39, 0.29) is 23.5 Å². The average Bonchev–Trinajstić information content (AvgIpc) is 2.72. The van der Waals surface area contributed by atoms with Crippen LogP contribution >= 0.6 is 0 Å². The van der Waals surface area contributed by atoms with E-state index in [4.69, 9.17) is 4.74 Å². The maximum Gasteiger partial charge on any atom is 0.262 e. The van der Waals surface area contributed by atoms with Crippen LogP contribution in [-0.2, 0) is 14.8 Å². The molecule has 1 amide bonds. The van der Waals surface area contributed by atoms with Gasteiger partial charge in [-0.05, 0) is 49.1 Å². The summed E-state index contributed by atoms with van der Waals surface area (Å²) in [6.45, 7) is 3.54. The molecular weight excluding hydrogens is 388 g/mol. The molecule has 3 aromatic carbocycles. The molecule has 3 rings (SSSR count). The zero-order valence-electron chi connectivity index (χ0n) is 16.4. The molecule has 3 aromatic rings. The minimum absolute atomic E-state index is 0.145. The van der Waals surface area contributed by atoms with Crippen LogP contribution in [0.15, 0.2) is 71.6 Å². The van der Waals surface area contributed by atoms with Gasteiger partial charge >= 0.3 is 0 Å². The minimum Gasteiger partial charge on any atom is -0.484 e. The van der Waals surface area contributed by atoms with Gasteiger partial charge in [0.2, 0.25) is 10.0 Å². The van der Waals surface area contributed by atoms with Gasteiger partial charge in [-0.2, -0.15) is 0 Å². The molecule has 0 heterocycles. The number of benzene rings is 3. The van der Waals surface area contributed by atoms with Gasteiger partial charge in [-0.25, -0.2) is 13.1 Å². The fourth-order valence-electron chi connectivity index (χ4n) is 2.80. The Morgan fingerprint density at radius 1 is 1.00 bits per heavy atom. The topological polar surface area (TPSA) is 84.5 Å². The Labute approximate surface area is 170 Å². The highest BCUT2D eigenvalue weighted by molar-refractivity contribution is 7.89. The van der Waals surface area contributed by atoms with Crippen molar-refractivity contribution in [2.45, 2.75) is 31.2 Å². The molecule has 6 nitrogen and oxygen atoms in total. The zero-order valence-corrected chi connectivity index (χ0v) is 17.2. The Morgan fingerprint density at radius 3 is 2.41 bits per heavy atom. The summed E-state index contributed by atoms with van der Waals surface area (Å²) in [5.41, 5.74) is 0.717. The van der Waals surface area contributed by atoms with Crippen LogP contribution in [0.3, 0.4) is 0 Å². The number of sulfonamides is 1. The SMILES string of the molecule is CC[C@@H](C)NS(=O)(=O)c1ccc(OCC(=O)Nc2cccc3ccccc23)cc1. The van der Waals surface area contributed by atoms with Gasteiger partial charge in [0.25, 0.3) is 5.91 Å². The number of hydrogen-bond donors (Lipinski definition) is 2. The maximum absolute atomic E-state index is 12.3. The molecule has 0 bridgehead atoms. The smallest absolute Gasteiger partial charge is 0.262 e. The largest absolute Gasteiger partial charge is 0.484 e. The molecule has 152 valence electrons. The third kappa shape index (κ3) is 5.34. The van der Waals surface area contributed by atoms with E-state index in [1.807, 2.05) is 56.3 Å². The third-order valence-electron chi connectivity index (χ3n) is 4.54. The monoisotopic (exact) mass is 412 g/mol. The lowest BCUT2D eigenvalue weighted by Crippen LogP contribution is -2.31. The highest BCUT2D eigenvalue weighted by atomic mass is 32.2. The molecule has 0 radical (unpaired) electrons. The standard InChI is InChI=1S/C22H24N2O4S/c1-3-16(2)24-29(26,27)19-13-11-18(12-14-19)28-15-22(25)23-21-10-6-8-17-7-4-5-9-20(17)21/h4-14,16,24H,3,15H2,1-2H3,(H,23,25)/t16-/m1/s1. The first-order valence-electron chi connectivity index (χ1n) is 9.42. The molecule has 0 aliphatic carbocycles. The molecule has 0 unspecified atom stereocenters. The molecule has 0 fully saturated rings. The van der Waals surface area contributed by atoms with Crippen LogP contribution in [0, 0.1) is 0 Å². The number of carbonyl (C=O) groups is 1. The Bertz CT molecular complexity index is 1090. The molecule has 7 heteroatoms. The predicted molar refractivity (Wildman–Crippen MR) is 115 cm³/mol. The fourth-order valence-corrected chi connectivity index (χ4v) is 4.13. The molecule has 0 aliphatic heterocycles. The van der Waals surface area contributed by atoms with E-state index in [0.29, 0.717) is 17.9 Å². The Hall–Kier alpha value is -2.90. The molecule has 0 spiro atoms. The van der Waals surface area contributed by atoms with Crippen molar-refractivity contribution in [1.29, 1.82) is 0 Å². The van der Waals surface area contributed by atoms with Crippen molar-refractivity contribution in [2.75, 3.05) is 11.9 Å². The second-order valence-corrected chi connectivity index (χ2v) is 8.48. The fraction of sp³-hybridized carbons (Fsp3) is 0.227. The molecule has 29 heavy (non-hydrogen) atoms. The van der Waals surface area contributed by atoms with Crippen LogP contribution in [0.1, 0.15) is 20.3 Å². The van der Waals surface area contributed by atoms with Gasteiger partial charge in [0.15, 0.2) is 6.61 Å². The minimum atomic E-state index is -3.57. The van der Waals surface area contributed by atoms with Crippen LogP contribution in [0.4, 0.5) is 5.69 Å². The first kappa shape index (κ1) is 20.8. The van der Waals surface area contributed by atoms with E-state index in [1.165, 1.54) is 24.3 Å². The number of carbonyl (C=O) groups excluding carboxylic acids is 1. The summed E-state index contributed by atoms with van der Waals surface area (Å²) in [7, 11) is -3.57. The van der Waals surface area contributed by atoms with Crippen LogP contribution in [-0.4, -0.2) is 27.0 Å². The van der Waals surface area contributed by atoms with Crippen LogP contribution in [0.25, 0.3) is 10.8 Å². The van der Waals surface area contributed by atoms with Crippen LogP contribution < -0.4 is 14.8 Å². The van der Waals surface area contributed by atoms with E-state index in [0.717, 1.165) is 10.8 Å². The number of anilines is 1. The lowest BCUT2D eigenvalue weighted by Gasteiger charge is -2.13. The molecular formula is C22H24N2O4S. The first-order valence-corrected chi connectivity index (χ1v) is 10.9. The van der Waals surface area contributed by atoms with Gasteiger partial charge in [-0.15, -0.1) is 0 Å². The number of rotatable bonds is 8. The Kier molecular flexibility index (Phi) is 6.51. The highest BCUT2D eigenvalue weighted by Gasteiger charge is 2.16. The molecule has 0 saturated heterocycles. The normalized spacial score (nSPS) is 12.5. The predicted octanol–water partition coefficient (Wildman–Crippen LogP) is 3.93. The van der Waals surface area contributed by atoms with Crippen molar-refractivity contribution in [3.8, 4) is 5.75 Å². The summed E-state index contributed by atoms with van der Waals surface area (Å²) in [5, 5.41) is 4.84. The number of fused-ring (bicyclic) bond motifs is 1. The first-order chi connectivity index (χ1) is 13.9. The quantitative estimate of drug-likeness (QED) is 0.587. The lowest BCUT2D eigenvalue weighted by atomic mass is 10.1. The van der Waals surface area contributed by atoms with Crippen molar-refractivity contribution in [3.63, 3.8) is 0 Å². The summed E-state index contributed by atoms with van der Waals surface area (Å²) >= 11 is 0. The van der Waals surface area contributed by atoms with Crippen LogP contribution in [0.5, 0.6) is 5.75 Å². The molecule has 2 N–H and O–H groups in total. The second-order valence-electron chi connectivity index (χ2n) is 6.77. The van der Waals surface area contributed by atoms with Gasteiger partial charge in [-0.3, -0.25) is 4.79 Å². The van der Waals surface area contributed by atoms with Crippen molar-refractivity contribution >= 4 is 32.4 Å². The molecule has 0 saturated carbocycles. The van der Waals surface area contributed by atoms with Crippen molar-refractivity contribution in [1.82, 2.24) is 4.72 Å². The van der Waals surface area contributed by atoms with E-state index in [9.17, 15) is 13.2 Å². The summed E-state index contributed by atoms with van der Waals surface area (Å²) in [6.07, 6.45) is 0.701. The summed E-state index contributed by atoms with van der Waals surface area (Å²) in [5.74, 6) is 0.122. The molecule has 0 aliphatic rings. The molecule has 1 atom stereocenters. The van der Waals surface area contributed by atoms with Crippen molar-refractivity contribution in [2.24, 2.45) is 0 Å². The third-order valence-corrected chi connectivity index (χ3v) is 6.14. The van der Waals surface area contributed by atoms with Crippen molar-refractivity contribution in [3.05, 3.63) is 66.7 Å². The van der Waals surface area contributed by atoms with E-state index in [2.05, 4.69) is 10.0 Å². The summed E-state index contributed by atoms with van der Waals surface area (Å²) in [4.78, 5) is 12.4. The van der Waals surface area contributed by atoms with E-state index in [1.54, 1.807) is 0 Å². The number of hydrogen-bond acceptors (Lipinski definition) is 4. The van der Waals surface area contributed by atoms with Gasteiger partial charge in [0.1, 0.15) is 5.75 Å².